The van der Waals surface area contributed by atoms with E-state index >= 15 is 0 Å². The molecule has 0 aliphatic carbocycles. The zero-order valence-corrected chi connectivity index (χ0v) is 12.0. The molecule has 3 rings (SSSR count). The number of aromatic nitrogens is 4. The van der Waals surface area contributed by atoms with Gasteiger partial charge in [0.15, 0.2) is 5.82 Å². The van der Waals surface area contributed by atoms with Crippen molar-refractivity contribution in [1.29, 1.82) is 0 Å². The third kappa shape index (κ3) is 2.12. The summed E-state index contributed by atoms with van der Waals surface area (Å²) in [5.74, 6) is 0.677. The maximum absolute atomic E-state index is 5.97. The number of hydrogen-bond donors (Lipinski definition) is 1. The maximum atomic E-state index is 5.97. The molecule has 20 heavy (non-hydrogen) atoms. The van der Waals surface area contributed by atoms with E-state index in [-0.39, 0.29) is 11.2 Å². The molecule has 2 aromatic rings. The van der Waals surface area contributed by atoms with Crippen LogP contribution in [0.1, 0.15) is 27.7 Å². The Morgan fingerprint density at radius 3 is 2.40 bits per heavy atom. The van der Waals surface area contributed by atoms with E-state index in [9.17, 15) is 0 Å². The lowest BCUT2D eigenvalue weighted by Gasteiger charge is -2.32. The zero-order valence-electron chi connectivity index (χ0n) is 12.0. The van der Waals surface area contributed by atoms with Crippen molar-refractivity contribution in [3.8, 4) is 11.5 Å². The first-order valence-corrected chi connectivity index (χ1v) is 6.56. The maximum Gasteiger partial charge on any atom is 0.516 e. The van der Waals surface area contributed by atoms with E-state index in [2.05, 4.69) is 19.9 Å². The van der Waals surface area contributed by atoms with Crippen molar-refractivity contribution < 1.29 is 9.31 Å². The minimum Gasteiger partial charge on any atom is -0.398 e. The van der Waals surface area contributed by atoms with E-state index in [1.807, 2.05) is 27.7 Å². The quantitative estimate of drug-likeness (QED) is 0.831. The molecule has 0 bridgehead atoms. The molecule has 6 nitrogen and oxygen atoms in total. The molecule has 0 aromatic carbocycles. The van der Waals surface area contributed by atoms with E-state index in [4.69, 9.17) is 9.31 Å². The van der Waals surface area contributed by atoms with Crippen molar-refractivity contribution in [3.05, 3.63) is 24.8 Å². The Bertz CT molecular complexity index is 597. The first-order chi connectivity index (χ1) is 9.39. The van der Waals surface area contributed by atoms with Gasteiger partial charge < -0.3 is 14.3 Å². The monoisotopic (exact) mass is 272 g/mol. The van der Waals surface area contributed by atoms with Gasteiger partial charge in [0, 0.05) is 18.6 Å². The second-order valence-electron chi connectivity index (χ2n) is 5.86. The summed E-state index contributed by atoms with van der Waals surface area (Å²) in [6.07, 6.45) is 6.75. The number of aromatic amines is 1. The molecule has 3 heterocycles. The fourth-order valence-corrected chi connectivity index (χ4v) is 1.98. The Hall–Kier alpha value is -1.73. The molecule has 0 saturated carbocycles. The summed E-state index contributed by atoms with van der Waals surface area (Å²) in [4.78, 5) is 15.9. The average molecular weight is 272 g/mol. The molecule has 1 aliphatic heterocycles. The molecule has 1 aliphatic rings. The molecule has 0 atom stereocenters. The molecule has 1 saturated heterocycles. The fourth-order valence-electron chi connectivity index (χ4n) is 1.98. The van der Waals surface area contributed by atoms with Crippen molar-refractivity contribution >= 4 is 12.7 Å². The minimum atomic E-state index is -0.512. The van der Waals surface area contributed by atoms with Gasteiger partial charge in [-0.05, 0) is 27.7 Å². The van der Waals surface area contributed by atoms with Gasteiger partial charge in [-0.1, -0.05) is 0 Å². The topological polar surface area (TPSA) is 72.9 Å². The van der Waals surface area contributed by atoms with Crippen LogP contribution < -0.4 is 5.59 Å². The number of hydrogen-bond acceptors (Lipinski definition) is 5. The molecule has 0 radical (unpaired) electrons. The van der Waals surface area contributed by atoms with Crippen molar-refractivity contribution in [2.24, 2.45) is 0 Å². The van der Waals surface area contributed by atoms with Gasteiger partial charge in [-0.2, -0.15) is 0 Å². The summed E-state index contributed by atoms with van der Waals surface area (Å²) in [5.41, 5.74) is 0.542. The van der Waals surface area contributed by atoms with Crippen molar-refractivity contribution in [3.63, 3.8) is 0 Å². The lowest BCUT2D eigenvalue weighted by atomic mass is 9.85. The molecular formula is C13H17BN4O2. The van der Waals surface area contributed by atoms with E-state index in [1.54, 1.807) is 24.8 Å². The summed E-state index contributed by atoms with van der Waals surface area (Å²) < 4.78 is 11.9. The summed E-state index contributed by atoms with van der Waals surface area (Å²) >= 11 is 0. The Kier molecular flexibility index (Phi) is 2.91. The van der Waals surface area contributed by atoms with Gasteiger partial charge in [-0.25, -0.2) is 4.98 Å². The van der Waals surface area contributed by atoms with E-state index < -0.39 is 7.12 Å². The van der Waals surface area contributed by atoms with Gasteiger partial charge in [-0.3, -0.25) is 9.97 Å². The Morgan fingerprint density at radius 2 is 1.80 bits per heavy atom. The van der Waals surface area contributed by atoms with Crippen LogP contribution in [-0.4, -0.2) is 38.3 Å². The fraction of sp³-hybridized carbons (Fsp3) is 0.462. The van der Waals surface area contributed by atoms with Crippen LogP contribution >= 0.6 is 0 Å². The first kappa shape index (κ1) is 13.3. The number of rotatable bonds is 2. The van der Waals surface area contributed by atoms with Gasteiger partial charge in [0.2, 0.25) is 0 Å². The van der Waals surface area contributed by atoms with Gasteiger partial charge in [-0.15, -0.1) is 0 Å². The molecule has 2 aromatic heterocycles. The van der Waals surface area contributed by atoms with Gasteiger partial charge in [0.1, 0.15) is 5.69 Å². The Balaban J connectivity index is 1.91. The van der Waals surface area contributed by atoms with Crippen LogP contribution in [-0.2, 0) is 9.31 Å². The van der Waals surface area contributed by atoms with Crippen LogP contribution in [0.25, 0.3) is 11.5 Å². The lowest BCUT2D eigenvalue weighted by Crippen LogP contribution is -2.41. The molecular weight excluding hydrogens is 255 g/mol. The Morgan fingerprint density at radius 1 is 1.10 bits per heavy atom. The van der Waals surface area contributed by atoms with Crippen LogP contribution in [0.15, 0.2) is 24.8 Å². The third-order valence-electron chi connectivity index (χ3n) is 3.89. The van der Waals surface area contributed by atoms with Crippen LogP contribution in [0.4, 0.5) is 0 Å². The van der Waals surface area contributed by atoms with Crippen molar-refractivity contribution in [2.75, 3.05) is 0 Å². The van der Waals surface area contributed by atoms with E-state index in [0.717, 1.165) is 0 Å². The average Bonchev–Trinajstić information content (AvgIpc) is 2.97. The molecule has 1 N–H and O–H groups in total. The van der Waals surface area contributed by atoms with Crippen molar-refractivity contribution in [1.82, 2.24) is 19.9 Å². The number of nitrogens with one attached hydrogen (secondary N) is 1. The summed E-state index contributed by atoms with van der Waals surface area (Å²) in [7, 11) is -0.512. The Labute approximate surface area is 118 Å². The zero-order chi connectivity index (χ0) is 14.4. The third-order valence-corrected chi connectivity index (χ3v) is 3.89. The van der Waals surface area contributed by atoms with Crippen molar-refractivity contribution in [2.45, 2.75) is 38.9 Å². The van der Waals surface area contributed by atoms with Crippen LogP contribution in [0.2, 0.25) is 0 Å². The minimum absolute atomic E-state index is 0.389. The second kappa shape index (κ2) is 4.39. The predicted octanol–water partition coefficient (Wildman–Crippen LogP) is 1.17. The van der Waals surface area contributed by atoms with Crippen LogP contribution in [0.3, 0.4) is 0 Å². The highest BCUT2D eigenvalue weighted by Crippen LogP contribution is 2.36. The van der Waals surface area contributed by atoms with Crippen LogP contribution in [0, 0.1) is 0 Å². The SMILES string of the molecule is CC1(C)OB(c2cncc(-c3ncc[nH]3)n2)OC1(C)C. The second-order valence-corrected chi connectivity index (χ2v) is 5.86. The largest absolute Gasteiger partial charge is 0.516 e. The highest BCUT2D eigenvalue weighted by atomic mass is 16.7. The van der Waals surface area contributed by atoms with Gasteiger partial charge in [0.05, 0.1) is 23.0 Å². The summed E-state index contributed by atoms with van der Waals surface area (Å²) in [6, 6.07) is 0. The molecule has 0 unspecified atom stereocenters. The van der Waals surface area contributed by atoms with E-state index in [1.165, 1.54) is 0 Å². The molecule has 0 amide bonds. The molecule has 1 fully saturated rings. The summed E-state index contributed by atoms with van der Waals surface area (Å²) in [6.45, 7) is 8.04. The number of imidazole rings is 1. The smallest absolute Gasteiger partial charge is 0.398 e. The normalized spacial score (nSPS) is 20.3. The first-order valence-electron chi connectivity index (χ1n) is 6.56. The van der Waals surface area contributed by atoms with Gasteiger partial charge in [0.25, 0.3) is 0 Å². The van der Waals surface area contributed by atoms with Gasteiger partial charge >= 0.3 is 7.12 Å². The number of H-pyrrole nitrogens is 1. The molecule has 0 spiro atoms. The standard InChI is InChI=1S/C13H17BN4O2/c1-12(2)13(3,4)20-14(19-12)10-8-15-7-9(18-10)11-16-5-6-17-11/h5-8H,1-4H3,(H,16,17). The molecule has 7 heteroatoms. The van der Waals surface area contributed by atoms with Crippen LogP contribution in [0.5, 0.6) is 0 Å². The highest BCUT2D eigenvalue weighted by Gasteiger charge is 2.52. The highest BCUT2D eigenvalue weighted by molar-refractivity contribution is 6.61. The lowest BCUT2D eigenvalue weighted by molar-refractivity contribution is 0.00578. The van der Waals surface area contributed by atoms with E-state index in [0.29, 0.717) is 17.1 Å². The summed E-state index contributed by atoms with van der Waals surface area (Å²) in [5, 5.41) is 0. The predicted molar refractivity (Wildman–Crippen MR) is 75.3 cm³/mol. The molecule has 104 valence electrons. The number of nitrogens with zero attached hydrogens (tertiary/aromatic N) is 3.